The average molecular weight is 219 g/mol. The fourth-order valence-electron chi connectivity index (χ4n) is 0.549. The molecule has 0 aliphatic carbocycles. The van der Waals surface area contributed by atoms with Gasteiger partial charge in [-0.3, -0.25) is 0 Å². The Hall–Kier alpha value is -0.340. The van der Waals surface area contributed by atoms with Crippen molar-refractivity contribution in [3.63, 3.8) is 0 Å². The van der Waals surface area contributed by atoms with Gasteiger partial charge in [-0.05, 0) is 13.5 Å². The van der Waals surface area contributed by atoms with Crippen LogP contribution in [0, 0.1) is 0 Å². The summed E-state index contributed by atoms with van der Waals surface area (Å²) < 4.78 is 0. The van der Waals surface area contributed by atoms with Gasteiger partial charge in [0, 0.05) is 6.04 Å². The zero-order valence-corrected chi connectivity index (χ0v) is 12.1. The highest BCUT2D eigenvalue weighted by Gasteiger charge is 1.94. The van der Waals surface area contributed by atoms with Crippen molar-refractivity contribution in [2.24, 2.45) is 0 Å². The largest absolute Gasteiger partial charge is 0.394 e. The summed E-state index contributed by atoms with van der Waals surface area (Å²) in [7, 11) is 1.83. The van der Waals surface area contributed by atoms with E-state index in [1.54, 1.807) is 0 Å². The summed E-state index contributed by atoms with van der Waals surface area (Å²) in [6, 6.07) is 0.130. The van der Waals surface area contributed by atoms with Gasteiger partial charge in [0.25, 0.3) is 0 Å². The van der Waals surface area contributed by atoms with Crippen molar-refractivity contribution in [2.75, 3.05) is 13.7 Å². The van der Waals surface area contributed by atoms with Crippen molar-refractivity contribution in [2.45, 2.75) is 60.9 Å². The Labute approximate surface area is 97.8 Å². The molecule has 2 heteroatoms. The third-order valence-electron chi connectivity index (χ3n) is 1.17. The van der Waals surface area contributed by atoms with E-state index in [-0.39, 0.29) is 12.6 Å². The highest BCUT2D eigenvalue weighted by molar-refractivity contribution is 4.91. The second-order valence-electron chi connectivity index (χ2n) is 1.91. The fraction of sp³-hybridized carbons (Fsp3) is 0.846. The van der Waals surface area contributed by atoms with Crippen LogP contribution in [0.1, 0.15) is 54.9 Å². The van der Waals surface area contributed by atoms with Crippen LogP contribution in [0.2, 0.25) is 0 Å². The lowest BCUT2D eigenvalue weighted by Crippen LogP contribution is -2.26. The number of nitrogens with one attached hydrogen (secondary N) is 1. The molecule has 0 fully saturated rings. The first-order valence-corrected chi connectivity index (χ1v) is 6.30. The fourth-order valence-corrected chi connectivity index (χ4v) is 0.549. The number of rotatable bonds is 4. The summed E-state index contributed by atoms with van der Waals surface area (Å²) in [5, 5.41) is 11.6. The van der Waals surface area contributed by atoms with Gasteiger partial charge in [0.15, 0.2) is 0 Å². The van der Waals surface area contributed by atoms with Crippen molar-refractivity contribution in [1.82, 2.24) is 5.32 Å². The lowest BCUT2D eigenvalue weighted by Gasteiger charge is -2.05. The molecular weight excluding hydrogens is 186 g/mol. The number of hydrogen-bond donors (Lipinski definition) is 2. The minimum absolute atomic E-state index is 0.130. The first-order valence-electron chi connectivity index (χ1n) is 6.30. The predicted molar refractivity (Wildman–Crippen MR) is 73.4 cm³/mol. The Morgan fingerprint density at radius 1 is 1.07 bits per heavy atom. The van der Waals surface area contributed by atoms with E-state index in [4.69, 9.17) is 5.11 Å². The number of hydrogen-bond acceptors (Lipinski definition) is 2. The topological polar surface area (TPSA) is 32.3 Å². The maximum absolute atomic E-state index is 8.64. The second kappa shape index (κ2) is 37.3. The summed E-state index contributed by atoms with van der Waals surface area (Å²) in [6.45, 7) is 14.2. The van der Waals surface area contributed by atoms with Gasteiger partial charge in [-0.15, -0.1) is 0 Å². The Morgan fingerprint density at radius 3 is 1.67 bits per heavy atom. The molecule has 0 radical (unpaired) electrons. The number of allylic oxidation sites excluding steroid dienone is 1. The van der Waals surface area contributed by atoms with Crippen LogP contribution in [0.15, 0.2) is 12.2 Å². The van der Waals surface area contributed by atoms with Crippen molar-refractivity contribution >= 4 is 0 Å². The number of aliphatic hydroxyl groups excluding tert-OH is 1. The molecule has 0 heterocycles. The summed E-state index contributed by atoms with van der Waals surface area (Å²) in [4.78, 5) is 0. The third-order valence-corrected chi connectivity index (χ3v) is 1.17. The second-order valence-corrected chi connectivity index (χ2v) is 1.91. The molecule has 2 nitrogen and oxygen atoms in total. The monoisotopic (exact) mass is 219 g/mol. The maximum Gasteiger partial charge on any atom is 0.0620 e. The molecule has 0 aromatic rings. The number of aliphatic hydroxyl groups is 1. The van der Waals surface area contributed by atoms with Gasteiger partial charge in [-0.1, -0.05) is 60.6 Å². The number of likely N-dealkylation sites (N-methyl/N-ethyl adjacent to an activating group) is 1. The lowest BCUT2D eigenvalue weighted by atomic mass is 10.2. The summed E-state index contributed by atoms with van der Waals surface area (Å²) in [6.07, 6.45) is 5.04. The molecule has 15 heavy (non-hydrogen) atoms. The van der Waals surface area contributed by atoms with Crippen LogP contribution in [0.3, 0.4) is 0 Å². The molecule has 0 aliphatic heterocycles. The van der Waals surface area contributed by atoms with Gasteiger partial charge in [0.2, 0.25) is 0 Å². The Balaban J connectivity index is -0.0000000860. The highest BCUT2D eigenvalue weighted by Crippen LogP contribution is 1.85. The van der Waals surface area contributed by atoms with Gasteiger partial charge in [-0.2, -0.15) is 0 Å². The van der Waals surface area contributed by atoms with E-state index in [1.165, 1.54) is 0 Å². The first-order chi connectivity index (χ1) is 7.35. The summed E-state index contributed by atoms with van der Waals surface area (Å²) >= 11 is 0. The van der Waals surface area contributed by atoms with E-state index in [0.29, 0.717) is 0 Å². The SMILES string of the molecule is CC.CC.CC.CC/C=C\C(CO)NC. The van der Waals surface area contributed by atoms with Gasteiger partial charge in [0.1, 0.15) is 0 Å². The van der Waals surface area contributed by atoms with Gasteiger partial charge < -0.3 is 10.4 Å². The molecule has 0 amide bonds. The molecule has 0 rings (SSSR count). The van der Waals surface area contributed by atoms with Crippen LogP contribution >= 0.6 is 0 Å². The molecule has 0 aromatic carbocycles. The maximum atomic E-state index is 8.64. The molecule has 2 N–H and O–H groups in total. The minimum atomic E-state index is 0.130. The van der Waals surface area contributed by atoms with E-state index >= 15 is 0 Å². The Kier molecular flexibility index (Phi) is 59.9. The average Bonchev–Trinajstić information content (AvgIpc) is 2.38. The normalized spacial score (nSPS) is 9.93. The Bertz CT molecular complexity index is 78.6. The minimum Gasteiger partial charge on any atom is -0.394 e. The van der Waals surface area contributed by atoms with Gasteiger partial charge >= 0.3 is 0 Å². The zero-order chi connectivity index (χ0) is 13.1. The van der Waals surface area contributed by atoms with Gasteiger partial charge in [0.05, 0.1) is 6.61 Å². The van der Waals surface area contributed by atoms with E-state index in [2.05, 4.69) is 12.2 Å². The zero-order valence-electron chi connectivity index (χ0n) is 12.1. The molecule has 1 atom stereocenters. The van der Waals surface area contributed by atoms with Crippen LogP contribution in [-0.4, -0.2) is 24.8 Å². The van der Waals surface area contributed by atoms with E-state index in [0.717, 1.165) is 6.42 Å². The Morgan fingerprint density at radius 2 is 1.47 bits per heavy atom. The van der Waals surface area contributed by atoms with Crippen molar-refractivity contribution in [3.05, 3.63) is 12.2 Å². The molecule has 0 aromatic heterocycles. The van der Waals surface area contributed by atoms with E-state index < -0.39 is 0 Å². The standard InChI is InChI=1S/C7H15NO.3C2H6/c1-3-4-5-7(6-9)8-2;3*1-2/h4-5,7-9H,3,6H2,1-2H3;3*1-2H3/b5-4-;;;. The highest BCUT2D eigenvalue weighted by atomic mass is 16.3. The first kappa shape index (κ1) is 24.1. The molecule has 0 saturated carbocycles. The lowest BCUT2D eigenvalue weighted by molar-refractivity contribution is 0.270. The van der Waals surface area contributed by atoms with Crippen LogP contribution in [-0.2, 0) is 0 Å². The molecule has 96 valence electrons. The summed E-state index contributed by atoms with van der Waals surface area (Å²) in [5.74, 6) is 0. The van der Waals surface area contributed by atoms with E-state index in [9.17, 15) is 0 Å². The molecule has 0 saturated heterocycles. The molecule has 0 bridgehead atoms. The van der Waals surface area contributed by atoms with Crippen LogP contribution in [0.5, 0.6) is 0 Å². The molecule has 0 aliphatic rings. The molecule has 0 spiro atoms. The van der Waals surface area contributed by atoms with Crippen molar-refractivity contribution in [1.29, 1.82) is 0 Å². The van der Waals surface area contributed by atoms with Crippen molar-refractivity contribution in [3.8, 4) is 0 Å². The summed E-state index contributed by atoms with van der Waals surface area (Å²) in [5.41, 5.74) is 0. The van der Waals surface area contributed by atoms with Gasteiger partial charge in [-0.25, -0.2) is 0 Å². The molecule has 1 unspecified atom stereocenters. The van der Waals surface area contributed by atoms with Crippen molar-refractivity contribution < 1.29 is 5.11 Å². The van der Waals surface area contributed by atoms with Crippen LogP contribution < -0.4 is 5.32 Å². The van der Waals surface area contributed by atoms with Crippen LogP contribution in [0.25, 0.3) is 0 Å². The smallest absolute Gasteiger partial charge is 0.0620 e. The quantitative estimate of drug-likeness (QED) is 0.708. The third kappa shape index (κ3) is 31.7. The van der Waals surface area contributed by atoms with Crippen LogP contribution in [0.4, 0.5) is 0 Å². The van der Waals surface area contributed by atoms with E-state index in [1.807, 2.05) is 60.7 Å². The predicted octanol–water partition coefficient (Wildman–Crippen LogP) is 3.61. The molecular formula is C13H33NO.